The fraction of sp³-hybridized carbons (Fsp3) is 0.350. The highest BCUT2D eigenvalue weighted by molar-refractivity contribution is 14.2. The molecule has 0 amide bonds. The van der Waals surface area contributed by atoms with Crippen LogP contribution in [0.1, 0.15) is 11.3 Å². The van der Waals surface area contributed by atoms with Crippen LogP contribution in [0.3, 0.4) is 0 Å². The maximum absolute atomic E-state index is 13.8. The standard InChI is InChI=1S/C20H18FIN4OS/c21-12-1-3-14-15-9-24(6-5-16(15)26(28-22)17(14)7-12)13-2-4-20(23-8-13)25-10-19-18(25)11-27-19/h1-4,7-8,18-19H,5-6,9-11H2. The van der Waals surface area contributed by atoms with Gasteiger partial charge in [-0.2, -0.15) is 0 Å². The Kier molecular flexibility index (Phi) is 4.03. The van der Waals surface area contributed by atoms with Crippen molar-refractivity contribution in [1.82, 2.24) is 8.96 Å². The van der Waals surface area contributed by atoms with E-state index in [0.29, 0.717) is 12.1 Å². The molecule has 5 nitrogen and oxygen atoms in total. The van der Waals surface area contributed by atoms with Crippen molar-refractivity contribution in [2.75, 3.05) is 29.5 Å². The topological polar surface area (TPSA) is 33.5 Å². The van der Waals surface area contributed by atoms with Gasteiger partial charge in [0, 0.05) is 73.0 Å². The maximum atomic E-state index is 13.8. The summed E-state index contributed by atoms with van der Waals surface area (Å²) in [5.41, 5.74) is 4.71. The monoisotopic (exact) mass is 508 g/mol. The number of fused-ring (bicyclic) bond motifs is 4. The van der Waals surface area contributed by atoms with Gasteiger partial charge in [0.15, 0.2) is 0 Å². The largest absolute Gasteiger partial charge is 0.372 e. The molecule has 5 heterocycles. The summed E-state index contributed by atoms with van der Waals surface area (Å²) in [7, 11) is 1.62. The Morgan fingerprint density at radius 3 is 2.86 bits per heavy atom. The fourth-order valence-corrected chi connectivity index (χ4v) is 6.42. The summed E-state index contributed by atoms with van der Waals surface area (Å²) in [5.74, 6) is 0.857. The number of ether oxygens (including phenoxy) is 1. The third-order valence-electron chi connectivity index (χ3n) is 6.21. The van der Waals surface area contributed by atoms with Crippen molar-refractivity contribution < 1.29 is 9.13 Å². The van der Waals surface area contributed by atoms with E-state index in [9.17, 15) is 4.39 Å². The zero-order valence-electron chi connectivity index (χ0n) is 15.0. The summed E-state index contributed by atoms with van der Waals surface area (Å²) in [6.07, 6.45) is 3.34. The van der Waals surface area contributed by atoms with Gasteiger partial charge in [-0.05, 0) is 30.3 Å². The molecule has 2 fully saturated rings. The lowest BCUT2D eigenvalue weighted by Gasteiger charge is -2.55. The molecule has 2 saturated heterocycles. The number of hydrogen-bond donors (Lipinski definition) is 0. The van der Waals surface area contributed by atoms with Crippen molar-refractivity contribution in [3.8, 4) is 0 Å². The molecule has 0 aliphatic carbocycles. The molecule has 144 valence electrons. The summed E-state index contributed by atoms with van der Waals surface area (Å²) >= 11 is 2.28. The summed E-state index contributed by atoms with van der Waals surface area (Å²) in [4.78, 5) is 9.41. The van der Waals surface area contributed by atoms with E-state index < -0.39 is 0 Å². The number of aromatic nitrogens is 2. The van der Waals surface area contributed by atoms with Crippen LogP contribution in [0.5, 0.6) is 0 Å². The minimum Gasteiger partial charge on any atom is -0.372 e. The molecule has 0 saturated carbocycles. The minimum atomic E-state index is -0.184. The van der Waals surface area contributed by atoms with Crippen LogP contribution >= 0.6 is 30.3 Å². The third-order valence-corrected chi connectivity index (χ3v) is 7.95. The maximum Gasteiger partial charge on any atom is 0.129 e. The van der Waals surface area contributed by atoms with E-state index in [0.717, 1.165) is 55.1 Å². The smallest absolute Gasteiger partial charge is 0.129 e. The zero-order chi connectivity index (χ0) is 18.8. The summed E-state index contributed by atoms with van der Waals surface area (Å²) in [6.45, 7) is 3.54. The van der Waals surface area contributed by atoms with Gasteiger partial charge in [-0.1, -0.05) is 0 Å². The van der Waals surface area contributed by atoms with Gasteiger partial charge in [-0.15, -0.1) is 0 Å². The number of rotatable bonds is 3. The molecule has 3 aliphatic rings. The molecule has 3 aromatic rings. The third kappa shape index (κ3) is 2.50. The first kappa shape index (κ1) is 17.3. The second kappa shape index (κ2) is 6.50. The number of hydrogen-bond acceptors (Lipinski definition) is 5. The Labute approximate surface area is 178 Å². The van der Waals surface area contributed by atoms with Crippen LogP contribution in [0.4, 0.5) is 15.9 Å². The van der Waals surface area contributed by atoms with Gasteiger partial charge in [-0.3, -0.25) is 3.97 Å². The Hall–Kier alpha value is -1.52. The number of anilines is 2. The van der Waals surface area contributed by atoms with Crippen LogP contribution < -0.4 is 9.80 Å². The molecule has 2 unspecified atom stereocenters. The SMILES string of the molecule is Fc1ccc2c3c(n(SI)c2c1)CCN(c1ccc(N2CC4OCC42)nc1)C3. The lowest BCUT2D eigenvalue weighted by molar-refractivity contribution is -0.113. The molecule has 28 heavy (non-hydrogen) atoms. The number of morpholine rings is 1. The van der Waals surface area contributed by atoms with Gasteiger partial charge >= 0.3 is 0 Å². The van der Waals surface area contributed by atoms with Gasteiger partial charge in [0.25, 0.3) is 0 Å². The molecule has 6 rings (SSSR count). The highest BCUT2D eigenvalue weighted by Gasteiger charge is 2.47. The number of pyridine rings is 1. The van der Waals surface area contributed by atoms with E-state index in [1.54, 1.807) is 21.3 Å². The van der Waals surface area contributed by atoms with Crippen molar-refractivity contribution in [1.29, 1.82) is 0 Å². The van der Waals surface area contributed by atoms with Crippen molar-refractivity contribution in [2.45, 2.75) is 25.1 Å². The second-order valence-corrected chi connectivity index (χ2v) is 9.27. The van der Waals surface area contributed by atoms with E-state index >= 15 is 0 Å². The molecule has 0 radical (unpaired) electrons. The number of benzene rings is 1. The van der Waals surface area contributed by atoms with Crippen LogP contribution in [0.25, 0.3) is 10.9 Å². The first-order valence-electron chi connectivity index (χ1n) is 9.43. The first-order chi connectivity index (χ1) is 13.7. The second-order valence-electron chi connectivity index (χ2n) is 7.59. The van der Waals surface area contributed by atoms with Gasteiger partial charge in [0.2, 0.25) is 0 Å². The Bertz CT molecular complexity index is 1070. The van der Waals surface area contributed by atoms with Crippen molar-refractivity contribution >= 4 is 52.7 Å². The fourth-order valence-electron chi connectivity index (χ4n) is 4.56. The van der Waals surface area contributed by atoms with Crippen molar-refractivity contribution in [3.63, 3.8) is 0 Å². The van der Waals surface area contributed by atoms with Gasteiger partial charge in [0.1, 0.15) is 11.6 Å². The molecule has 8 heteroatoms. The Morgan fingerprint density at radius 2 is 2.18 bits per heavy atom. The van der Waals surface area contributed by atoms with E-state index in [1.807, 2.05) is 12.3 Å². The van der Waals surface area contributed by atoms with Crippen LogP contribution in [0.15, 0.2) is 36.5 Å². The normalized spacial score (nSPS) is 23.2. The highest BCUT2D eigenvalue weighted by atomic mass is 127. The Balaban J connectivity index is 1.29. The van der Waals surface area contributed by atoms with E-state index in [4.69, 9.17) is 9.72 Å². The van der Waals surface area contributed by atoms with Gasteiger partial charge < -0.3 is 14.5 Å². The molecule has 1 aromatic carbocycles. The van der Waals surface area contributed by atoms with Gasteiger partial charge in [0.05, 0.1) is 36.2 Å². The predicted octanol–water partition coefficient (Wildman–Crippen LogP) is 4.17. The average Bonchev–Trinajstić information content (AvgIpc) is 3.02. The lowest BCUT2D eigenvalue weighted by Crippen LogP contribution is -2.71. The summed E-state index contributed by atoms with van der Waals surface area (Å²) < 4.78 is 21.5. The summed E-state index contributed by atoms with van der Waals surface area (Å²) in [6, 6.07) is 9.94. The van der Waals surface area contributed by atoms with E-state index in [1.165, 1.54) is 11.3 Å². The molecule has 3 aliphatic heterocycles. The number of halogens is 2. The molecule has 0 bridgehead atoms. The van der Waals surface area contributed by atoms with Crippen molar-refractivity contribution in [2.24, 2.45) is 0 Å². The van der Waals surface area contributed by atoms with Gasteiger partial charge in [-0.25, -0.2) is 9.37 Å². The van der Waals surface area contributed by atoms with Crippen LogP contribution in [-0.4, -0.2) is 40.8 Å². The van der Waals surface area contributed by atoms with E-state index in [-0.39, 0.29) is 5.82 Å². The number of nitrogens with zero attached hydrogens (tertiary/aromatic N) is 4. The average molecular weight is 508 g/mol. The quantitative estimate of drug-likeness (QED) is 0.497. The summed E-state index contributed by atoms with van der Waals surface area (Å²) in [5, 5.41) is 1.14. The molecular formula is C20H18FIN4OS. The zero-order valence-corrected chi connectivity index (χ0v) is 18.0. The van der Waals surface area contributed by atoms with E-state index in [2.05, 4.69) is 47.1 Å². The first-order valence-corrected chi connectivity index (χ1v) is 12.7. The molecule has 2 atom stereocenters. The van der Waals surface area contributed by atoms with Crippen LogP contribution in [0, 0.1) is 5.82 Å². The Morgan fingerprint density at radius 1 is 1.25 bits per heavy atom. The molecule has 2 aromatic heterocycles. The molecule has 0 N–H and O–H groups in total. The molecule has 0 spiro atoms. The predicted molar refractivity (Wildman–Crippen MR) is 119 cm³/mol. The van der Waals surface area contributed by atoms with Crippen LogP contribution in [-0.2, 0) is 17.7 Å². The lowest BCUT2D eigenvalue weighted by atomic mass is 9.95. The minimum absolute atomic E-state index is 0.184. The van der Waals surface area contributed by atoms with Crippen LogP contribution in [0.2, 0.25) is 0 Å². The molecular weight excluding hydrogens is 490 g/mol. The highest BCUT2D eigenvalue weighted by Crippen LogP contribution is 2.38. The van der Waals surface area contributed by atoms with Crippen molar-refractivity contribution in [3.05, 3.63) is 53.6 Å².